The molecule has 1 aromatic rings. The fraction of sp³-hybridized carbons (Fsp3) is 0.619. The molecule has 4 saturated carbocycles. The van der Waals surface area contributed by atoms with E-state index in [1.807, 2.05) is 31.2 Å². The van der Waals surface area contributed by atoms with Gasteiger partial charge < -0.3 is 10.6 Å². The van der Waals surface area contributed by atoms with E-state index < -0.39 is 0 Å². The third kappa shape index (κ3) is 4.08. The highest BCUT2D eigenvalue weighted by molar-refractivity contribution is 8.00. The van der Waals surface area contributed by atoms with E-state index in [-0.39, 0.29) is 11.8 Å². The van der Waals surface area contributed by atoms with Gasteiger partial charge in [0.15, 0.2) is 0 Å². The fourth-order valence-electron chi connectivity index (χ4n) is 5.54. The summed E-state index contributed by atoms with van der Waals surface area (Å²) in [6.07, 6.45) is 6.67. The van der Waals surface area contributed by atoms with Crippen molar-refractivity contribution in [1.82, 2.24) is 5.32 Å². The molecule has 0 saturated heterocycles. The van der Waals surface area contributed by atoms with Crippen molar-refractivity contribution in [3.05, 3.63) is 29.8 Å². The number of amides is 2. The second-order valence-electron chi connectivity index (χ2n) is 8.43. The van der Waals surface area contributed by atoms with E-state index in [4.69, 9.17) is 0 Å². The second kappa shape index (κ2) is 7.63. The lowest BCUT2D eigenvalue weighted by atomic mass is 9.54. The van der Waals surface area contributed by atoms with Gasteiger partial charge in [-0.2, -0.15) is 0 Å². The summed E-state index contributed by atoms with van der Waals surface area (Å²) in [6.45, 7) is 2.00. The number of aryl methyl sites for hydroxylation is 1. The monoisotopic (exact) mass is 372 g/mol. The predicted molar refractivity (Wildman–Crippen MR) is 106 cm³/mol. The topological polar surface area (TPSA) is 58.2 Å². The average molecular weight is 373 g/mol. The summed E-state index contributed by atoms with van der Waals surface area (Å²) >= 11 is 1.39. The van der Waals surface area contributed by atoms with Crippen LogP contribution in [-0.4, -0.2) is 29.4 Å². The van der Waals surface area contributed by atoms with Crippen LogP contribution in [0.3, 0.4) is 0 Å². The van der Waals surface area contributed by atoms with Gasteiger partial charge in [0.05, 0.1) is 11.5 Å². The minimum Gasteiger partial charge on any atom is -0.352 e. The number of hydrogen-bond acceptors (Lipinski definition) is 3. The smallest absolute Gasteiger partial charge is 0.234 e. The highest BCUT2D eigenvalue weighted by Gasteiger charge is 2.48. The van der Waals surface area contributed by atoms with Crippen LogP contribution in [-0.2, 0) is 9.59 Å². The Hall–Kier alpha value is -1.49. The minimum absolute atomic E-state index is 0.0528. The molecular formula is C21H28N2O2S. The van der Waals surface area contributed by atoms with Crippen molar-refractivity contribution in [2.24, 2.45) is 23.7 Å². The van der Waals surface area contributed by atoms with Crippen molar-refractivity contribution >= 4 is 29.3 Å². The van der Waals surface area contributed by atoms with Gasteiger partial charge in [0, 0.05) is 11.7 Å². The highest BCUT2D eigenvalue weighted by Crippen LogP contribution is 2.53. The lowest BCUT2D eigenvalue weighted by Gasteiger charge is -2.54. The Kier molecular flexibility index (Phi) is 5.25. The van der Waals surface area contributed by atoms with Crippen LogP contribution in [0.1, 0.15) is 37.7 Å². The van der Waals surface area contributed by atoms with Crippen molar-refractivity contribution in [3.8, 4) is 0 Å². The van der Waals surface area contributed by atoms with Crippen LogP contribution in [0.15, 0.2) is 24.3 Å². The number of carbonyl (C=O) groups is 2. The molecule has 4 nitrogen and oxygen atoms in total. The lowest BCUT2D eigenvalue weighted by molar-refractivity contribution is -0.122. The zero-order chi connectivity index (χ0) is 18.1. The largest absolute Gasteiger partial charge is 0.352 e. The predicted octanol–water partition coefficient (Wildman–Crippen LogP) is 3.61. The van der Waals surface area contributed by atoms with Gasteiger partial charge in [0.2, 0.25) is 11.8 Å². The molecule has 26 heavy (non-hydrogen) atoms. The van der Waals surface area contributed by atoms with Crippen molar-refractivity contribution in [1.29, 1.82) is 0 Å². The zero-order valence-electron chi connectivity index (χ0n) is 15.4. The molecule has 0 spiro atoms. The first-order valence-corrected chi connectivity index (χ1v) is 11.0. The molecule has 2 N–H and O–H groups in total. The molecule has 4 fully saturated rings. The van der Waals surface area contributed by atoms with E-state index in [0.717, 1.165) is 23.1 Å². The van der Waals surface area contributed by atoms with Gasteiger partial charge in [-0.05, 0) is 80.4 Å². The molecule has 5 heteroatoms. The summed E-state index contributed by atoms with van der Waals surface area (Å²) in [5.74, 6) is 3.96. The average Bonchev–Trinajstić information content (AvgIpc) is 2.57. The van der Waals surface area contributed by atoms with E-state index in [9.17, 15) is 9.59 Å². The van der Waals surface area contributed by atoms with Gasteiger partial charge in [-0.1, -0.05) is 12.1 Å². The van der Waals surface area contributed by atoms with Crippen LogP contribution in [0.25, 0.3) is 0 Å². The molecule has 4 aliphatic rings. The van der Waals surface area contributed by atoms with Gasteiger partial charge in [-0.25, -0.2) is 0 Å². The summed E-state index contributed by atoms with van der Waals surface area (Å²) in [7, 11) is 0. The first-order chi connectivity index (χ1) is 12.6. The van der Waals surface area contributed by atoms with Crippen molar-refractivity contribution < 1.29 is 9.59 Å². The van der Waals surface area contributed by atoms with Crippen molar-refractivity contribution in [2.45, 2.75) is 45.1 Å². The molecule has 0 atom stereocenters. The summed E-state index contributed by atoms with van der Waals surface area (Å²) in [4.78, 5) is 24.4. The molecular weight excluding hydrogens is 344 g/mol. The number of benzene rings is 1. The first-order valence-electron chi connectivity index (χ1n) is 9.80. The number of nitrogens with one attached hydrogen (secondary N) is 2. The maximum Gasteiger partial charge on any atom is 0.234 e. The van der Waals surface area contributed by atoms with Crippen LogP contribution in [0.5, 0.6) is 0 Å². The minimum atomic E-state index is -0.0528. The number of rotatable bonds is 6. The van der Waals surface area contributed by atoms with Gasteiger partial charge in [-0.15, -0.1) is 11.8 Å². The van der Waals surface area contributed by atoms with Crippen LogP contribution in [0.2, 0.25) is 0 Å². The number of carbonyl (C=O) groups excluding carboxylic acids is 2. The van der Waals surface area contributed by atoms with Crippen LogP contribution >= 0.6 is 11.8 Å². The summed E-state index contributed by atoms with van der Waals surface area (Å²) < 4.78 is 0. The molecule has 1 aromatic carbocycles. The molecule has 0 heterocycles. The van der Waals surface area contributed by atoms with Crippen LogP contribution in [0.4, 0.5) is 5.69 Å². The Morgan fingerprint density at radius 2 is 1.65 bits per heavy atom. The lowest BCUT2D eigenvalue weighted by Crippen LogP contribution is -2.56. The molecule has 0 aromatic heterocycles. The normalized spacial score (nSPS) is 31.7. The fourth-order valence-corrected chi connectivity index (χ4v) is 6.17. The number of anilines is 1. The first kappa shape index (κ1) is 17.9. The maximum atomic E-state index is 12.4. The highest BCUT2D eigenvalue weighted by atomic mass is 32.2. The standard InChI is InChI=1S/C21H28N2O2S/c1-13-3-2-4-18(5-13)22-19(24)11-26-12-20(25)23-21-16-7-14-6-15(9-16)10-17(21)8-14/h2-5,14-17,21H,6-12H2,1H3,(H,22,24)(H,23,25). The number of hydrogen-bond donors (Lipinski definition) is 2. The van der Waals surface area contributed by atoms with Gasteiger partial charge in [0.25, 0.3) is 0 Å². The van der Waals surface area contributed by atoms with E-state index >= 15 is 0 Å². The Balaban J connectivity index is 1.19. The molecule has 0 aliphatic heterocycles. The maximum absolute atomic E-state index is 12.4. The third-order valence-electron chi connectivity index (χ3n) is 6.32. The second-order valence-corrected chi connectivity index (χ2v) is 9.42. The van der Waals surface area contributed by atoms with Gasteiger partial charge in [-0.3, -0.25) is 9.59 Å². The Labute approximate surface area is 159 Å². The van der Waals surface area contributed by atoms with Gasteiger partial charge >= 0.3 is 0 Å². The molecule has 5 rings (SSSR count). The zero-order valence-corrected chi connectivity index (χ0v) is 16.2. The molecule has 0 radical (unpaired) electrons. The third-order valence-corrected chi connectivity index (χ3v) is 7.26. The molecule has 0 unspecified atom stereocenters. The number of thioether (sulfide) groups is 1. The quantitative estimate of drug-likeness (QED) is 0.802. The summed E-state index contributed by atoms with van der Waals surface area (Å²) in [5.41, 5.74) is 1.93. The molecule has 4 bridgehead atoms. The van der Waals surface area contributed by atoms with Gasteiger partial charge in [0.1, 0.15) is 0 Å². The molecule has 4 aliphatic carbocycles. The summed E-state index contributed by atoms with van der Waals surface area (Å²) in [5, 5.41) is 6.19. The Morgan fingerprint density at radius 1 is 1.00 bits per heavy atom. The van der Waals surface area contributed by atoms with E-state index in [1.165, 1.54) is 43.9 Å². The van der Waals surface area contributed by atoms with Crippen molar-refractivity contribution in [2.75, 3.05) is 16.8 Å². The van der Waals surface area contributed by atoms with Crippen molar-refractivity contribution in [3.63, 3.8) is 0 Å². The van der Waals surface area contributed by atoms with E-state index in [0.29, 0.717) is 29.4 Å². The van der Waals surface area contributed by atoms with Crippen LogP contribution in [0, 0.1) is 30.6 Å². The van der Waals surface area contributed by atoms with E-state index in [2.05, 4.69) is 10.6 Å². The molecule has 140 valence electrons. The summed E-state index contributed by atoms with van der Waals surface area (Å²) in [6, 6.07) is 8.14. The molecule has 2 amide bonds. The van der Waals surface area contributed by atoms with E-state index in [1.54, 1.807) is 0 Å². The SMILES string of the molecule is Cc1cccc(NC(=O)CSCC(=O)NC2C3CC4CC(C3)CC2C4)c1. The Bertz CT molecular complexity index is 662. The van der Waals surface area contributed by atoms with Crippen LogP contribution < -0.4 is 10.6 Å². The Morgan fingerprint density at radius 3 is 2.31 bits per heavy atom.